The average Bonchev–Trinajstić information content (AvgIpc) is 1.64. The van der Waals surface area contributed by atoms with Gasteiger partial charge in [0.05, 0.1) is 70.0 Å². The van der Waals surface area contributed by atoms with Crippen molar-refractivity contribution >= 4 is 57.0 Å². The van der Waals surface area contributed by atoms with E-state index in [0.29, 0.717) is 47.5 Å². The van der Waals surface area contributed by atoms with Crippen molar-refractivity contribution in [1.82, 2.24) is 44.6 Å². The van der Waals surface area contributed by atoms with Crippen LogP contribution in [0.2, 0.25) is 0 Å². The lowest BCUT2D eigenvalue weighted by atomic mass is 9.96. The summed E-state index contributed by atoms with van der Waals surface area (Å²) in [6.45, 7) is 26.8. The molecule has 14 aromatic rings. The van der Waals surface area contributed by atoms with Gasteiger partial charge in [0.2, 0.25) is 0 Å². The minimum Gasteiger partial charge on any atom is -0.389 e. The van der Waals surface area contributed by atoms with Gasteiger partial charge in [-0.3, -0.25) is 14.4 Å². The quantitative estimate of drug-likeness (QED) is 0.0408. The van der Waals surface area contributed by atoms with E-state index in [4.69, 9.17) is 14.6 Å². The molecule has 14 rings (SSSR count). The Bertz CT molecular complexity index is 5590. The van der Waals surface area contributed by atoms with Gasteiger partial charge in [-0.1, -0.05) is 242 Å². The SMILES string of the molecule is CC(C)C[C@@H](C)NC(=O)c1ccc2c(c1)ncn2Cc1ccc(-c2ccccc2)cc1.CC(C)c1cccc([C@H](C)NC(=O)c2ccc3c(c2)ncn3Cc2ccc(-c3ccccc3C(C)O)cc2)c1.Cc1nc2cc(C(=O)N[C@@H](C)c3cccc(C(C)C)c3)ccc2n1Cc1ccc(-c2ccccc2C(C)O)cc1.O=C=O. The molecule has 3 aromatic heterocycles. The van der Waals surface area contributed by atoms with Crippen molar-refractivity contribution in [3.05, 3.63) is 340 Å². The van der Waals surface area contributed by atoms with Gasteiger partial charge in [0.15, 0.2) is 0 Å². The van der Waals surface area contributed by atoms with E-state index in [9.17, 15) is 24.6 Å². The van der Waals surface area contributed by atoms with Crippen LogP contribution in [0.1, 0.15) is 206 Å². The number of aryl methyl sites for hydroxylation is 1. The standard InChI is InChI=1S/C35H37N3O2.C34H35N3O2.C27H29N3O.CO2/c1-22(2)28-9-8-10-29(19-28)23(3)36-35(40)30-17-18-34-33(20-30)37-25(5)38(34)21-26-13-15-27(16-14-26)32-12-7-6-11-31(32)24(4)39;1-22(2)27-8-7-9-28(18-27)23(3)36-34(39)29-16-17-33-32(19-29)35-21-37(33)20-25-12-14-26(15-13-25)31-11-6-5-10-30(31)24(4)38;1-19(2)15-20(3)29-27(31)24-13-14-26-25(16-24)28-18-30(26)17-21-9-11-23(12-10-21)22-7-5-4-6-8-22;2-1-3/h6-20,22-24,39H,21H2,1-5H3,(H,36,40);5-19,21-24,38H,20H2,1-4H3,(H,36,39);4-14,16,18-20H,15,17H2,1-3H3,(H,29,31);/t2*23-,24?;20-;/m001./s1. The molecule has 16 heteroatoms. The number of amides is 3. The highest BCUT2D eigenvalue weighted by atomic mass is 16.3. The van der Waals surface area contributed by atoms with Crippen molar-refractivity contribution in [3.63, 3.8) is 0 Å². The summed E-state index contributed by atoms with van der Waals surface area (Å²) in [5.41, 5.74) is 24.0. The minimum atomic E-state index is -0.526. The number of carbonyl (C=O) groups excluding carboxylic acids is 5. The van der Waals surface area contributed by atoms with Crippen LogP contribution in [0.15, 0.2) is 267 Å². The highest BCUT2D eigenvalue weighted by molar-refractivity contribution is 5.99. The highest BCUT2D eigenvalue weighted by Gasteiger charge is 2.20. The number of benzene rings is 11. The van der Waals surface area contributed by atoms with Crippen LogP contribution in [0.4, 0.5) is 0 Å². The van der Waals surface area contributed by atoms with E-state index in [0.717, 1.165) is 108 Å². The molecule has 0 aliphatic heterocycles. The number of aromatic nitrogens is 6. The summed E-state index contributed by atoms with van der Waals surface area (Å²) >= 11 is 0. The second-order valence-corrected chi connectivity index (χ2v) is 30.2. The first-order valence-electron chi connectivity index (χ1n) is 38.8. The predicted octanol–water partition coefficient (Wildman–Crippen LogP) is 20.5. The molecule has 5 atom stereocenters. The second-order valence-electron chi connectivity index (χ2n) is 30.2. The summed E-state index contributed by atoms with van der Waals surface area (Å²) in [5, 5.41) is 29.7. The van der Waals surface area contributed by atoms with E-state index < -0.39 is 12.2 Å². The van der Waals surface area contributed by atoms with Crippen molar-refractivity contribution in [2.24, 2.45) is 5.92 Å². The first-order chi connectivity index (χ1) is 54.4. The fraction of sp³-hybridized carbons (Fsp3) is 0.247. The summed E-state index contributed by atoms with van der Waals surface area (Å²) in [7, 11) is 0. The first-order valence-corrected chi connectivity index (χ1v) is 38.8. The molecule has 0 fully saturated rings. The van der Waals surface area contributed by atoms with Gasteiger partial charge in [-0.2, -0.15) is 9.59 Å². The van der Waals surface area contributed by atoms with E-state index in [1.165, 1.54) is 27.8 Å². The van der Waals surface area contributed by atoms with Gasteiger partial charge in [0.1, 0.15) is 5.82 Å². The summed E-state index contributed by atoms with van der Waals surface area (Å²) in [5.74, 6) is 2.07. The van der Waals surface area contributed by atoms with Crippen LogP contribution >= 0.6 is 0 Å². The third-order valence-corrected chi connectivity index (χ3v) is 20.5. The predicted molar refractivity (Wildman–Crippen MR) is 452 cm³/mol. The Balaban J connectivity index is 0.000000166. The summed E-state index contributed by atoms with van der Waals surface area (Å²) in [6, 6.07) is 85.7. The van der Waals surface area contributed by atoms with E-state index >= 15 is 0 Å². The smallest absolute Gasteiger partial charge is 0.373 e. The molecule has 2 unspecified atom stereocenters. The molecule has 0 aliphatic rings. The zero-order chi connectivity index (χ0) is 80.4. The van der Waals surface area contributed by atoms with Crippen molar-refractivity contribution in [2.75, 3.05) is 0 Å². The molecule has 576 valence electrons. The normalized spacial score (nSPS) is 12.5. The number of fused-ring (bicyclic) bond motifs is 3. The van der Waals surface area contributed by atoms with Crippen LogP contribution in [0.3, 0.4) is 0 Å². The van der Waals surface area contributed by atoms with Crippen molar-refractivity contribution in [3.8, 4) is 33.4 Å². The fourth-order valence-electron chi connectivity index (χ4n) is 14.3. The number of carbonyl (C=O) groups is 3. The fourth-order valence-corrected chi connectivity index (χ4v) is 14.3. The van der Waals surface area contributed by atoms with Crippen LogP contribution in [-0.4, -0.2) is 68.8 Å². The van der Waals surface area contributed by atoms with E-state index in [2.05, 4.69) is 221 Å². The molecule has 0 aliphatic carbocycles. The lowest BCUT2D eigenvalue weighted by Gasteiger charge is -2.16. The number of aliphatic hydroxyl groups excluding tert-OH is 2. The van der Waals surface area contributed by atoms with E-state index in [1.807, 2.05) is 156 Å². The van der Waals surface area contributed by atoms with Crippen LogP contribution < -0.4 is 16.0 Å². The number of aliphatic hydroxyl groups is 2. The Morgan fingerprint density at radius 2 is 0.761 bits per heavy atom. The van der Waals surface area contributed by atoms with E-state index in [1.54, 1.807) is 13.8 Å². The molecule has 0 radical (unpaired) electrons. The largest absolute Gasteiger partial charge is 0.389 e. The summed E-state index contributed by atoms with van der Waals surface area (Å²) in [6.07, 6.45) is 3.83. The summed E-state index contributed by atoms with van der Waals surface area (Å²) in [4.78, 5) is 68.9. The average molecular weight is 1500 g/mol. The maximum Gasteiger partial charge on any atom is 0.373 e. The van der Waals surface area contributed by atoms with E-state index in [-0.39, 0.29) is 42.0 Å². The molecule has 0 saturated heterocycles. The maximum absolute atomic E-state index is 13.1. The number of hydrogen-bond acceptors (Lipinski definition) is 10. The van der Waals surface area contributed by atoms with Gasteiger partial charge in [-0.05, 0) is 204 Å². The van der Waals surface area contributed by atoms with Crippen LogP contribution in [0, 0.1) is 12.8 Å². The van der Waals surface area contributed by atoms with Crippen LogP contribution in [0.25, 0.3) is 66.5 Å². The zero-order valence-electron chi connectivity index (χ0n) is 66.5. The Kier molecular flexibility index (Phi) is 27.4. The third-order valence-electron chi connectivity index (χ3n) is 20.5. The molecule has 0 bridgehead atoms. The Morgan fingerprint density at radius 3 is 1.19 bits per heavy atom. The lowest BCUT2D eigenvalue weighted by Crippen LogP contribution is -2.33. The Hall–Kier alpha value is -12.5. The Labute approximate surface area is 662 Å². The number of imidazole rings is 3. The molecular formula is C97H101N9O7. The lowest BCUT2D eigenvalue weighted by molar-refractivity contribution is -0.191. The number of nitrogens with one attached hydrogen (secondary N) is 3. The van der Waals surface area contributed by atoms with Gasteiger partial charge in [0, 0.05) is 42.4 Å². The Morgan fingerprint density at radius 1 is 0.389 bits per heavy atom. The number of hydrogen-bond donors (Lipinski definition) is 5. The molecule has 0 spiro atoms. The molecular weight excluding hydrogens is 1400 g/mol. The maximum atomic E-state index is 13.1. The van der Waals surface area contributed by atoms with Crippen molar-refractivity contribution < 1.29 is 34.2 Å². The van der Waals surface area contributed by atoms with Gasteiger partial charge in [0.25, 0.3) is 17.7 Å². The molecule has 5 N–H and O–H groups in total. The van der Waals surface area contributed by atoms with Gasteiger partial charge in [-0.15, -0.1) is 0 Å². The summed E-state index contributed by atoms with van der Waals surface area (Å²) < 4.78 is 6.39. The van der Waals surface area contributed by atoms with Crippen LogP contribution in [-0.2, 0) is 29.2 Å². The molecule has 113 heavy (non-hydrogen) atoms. The minimum absolute atomic E-state index is 0.0406. The van der Waals surface area contributed by atoms with Gasteiger partial charge < -0.3 is 39.9 Å². The number of rotatable bonds is 23. The highest BCUT2D eigenvalue weighted by Crippen LogP contribution is 2.33. The van der Waals surface area contributed by atoms with Gasteiger partial charge in [-0.25, -0.2) is 15.0 Å². The molecule has 11 aromatic carbocycles. The molecule has 3 amide bonds. The molecule has 16 nitrogen and oxygen atoms in total. The monoisotopic (exact) mass is 1500 g/mol. The second kappa shape index (κ2) is 38.0. The van der Waals surface area contributed by atoms with Gasteiger partial charge >= 0.3 is 6.15 Å². The van der Waals surface area contributed by atoms with Crippen molar-refractivity contribution in [1.29, 1.82) is 0 Å². The van der Waals surface area contributed by atoms with Crippen molar-refractivity contribution in [2.45, 2.75) is 151 Å². The zero-order valence-corrected chi connectivity index (χ0v) is 66.5. The first kappa shape index (κ1) is 81.5. The molecule has 3 heterocycles. The number of nitrogens with zero attached hydrogens (tertiary/aromatic N) is 6. The molecule has 0 saturated carbocycles. The van der Waals surface area contributed by atoms with Crippen LogP contribution in [0.5, 0.6) is 0 Å². The third kappa shape index (κ3) is 21.0. The topological polar surface area (TPSA) is 215 Å².